The van der Waals surface area contributed by atoms with E-state index in [0.717, 1.165) is 49.3 Å². The van der Waals surface area contributed by atoms with Crippen LogP contribution in [0, 0.1) is 5.92 Å². The fourth-order valence-corrected chi connectivity index (χ4v) is 5.64. The van der Waals surface area contributed by atoms with E-state index in [1.807, 2.05) is 12.1 Å². The molecule has 1 unspecified atom stereocenters. The third-order valence-electron chi connectivity index (χ3n) is 7.07. The third-order valence-corrected chi connectivity index (χ3v) is 7.07. The van der Waals surface area contributed by atoms with Crippen LogP contribution in [0.5, 0.6) is 0 Å². The number of likely N-dealkylation sites (tertiary alicyclic amines) is 1. The molecule has 3 fully saturated rings. The van der Waals surface area contributed by atoms with Crippen molar-refractivity contribution in [1.82, 2.24) is 20.4 Å². The van der Waals surface area contributed by atoms with E-state index in [0.29, 0.717) is 24.9 Å². The van der Waals surface area contributed by atoms with Crippen molar-refractivity contribution >= 4 is 17.7 Å². The number of fused-ring (bicyclic) bond motifs is 2. The van der Waals surface area contributed by atoms with Gasteiger partial charge in [0.1, 0.15) is 6.04 Å². The zero-order chi connectivity index (χ0) is 20.0. The van der Waals surface area contributed by atoms with Gasteiger partial charge in [-0.3, -0.25) is 24.6 Å². The predicted octanol–water partition coefficient (Wildman–Crippen LogP) is 1.02. The Labute approximate surface area is 170 Å². The lowest BCUT2D eigenvalue weighted by Crippen LogP contribution is -2.53. The summed E-state index contributed by atoms with van der Waals surface area (Å²) in [4.78, 5) is 41.3. The van der Waals surface area contributed by atoms with E-state index < -0.39 is 6.04 Å². The fraction of sp³-hybridized carbons (Fsp3) is 0.591. The Kier molecular flexibility index (Phi) is 4.87. The lowest BCUT2D eigenvalue weighted by atomic mass is 9.84. The van der Waals surface area contributed by atoms with Crippen molar-refractivity contribution in [2.45, 2.75) is 57.3 Å². The quantitative estimate of drug-likeness (QED) is 0.746. The summed E-state index contributed by atoms with van der Waals surface area (Å²) in [6.07, 6.45) is 4.34. The summed E-state index contributed by atoms with van der Waals surface area (Å²) in [6.45, 7) is 4.47. The van der Waals surface area contributed by atoms with E-state index in [1.165, 1.54) is 12.8 Å². The Morgan fingerprint density at radius 1 is 1.10 bits per heavy atom. The molecule has 4 aliphatic rings. The van der Waals surface area contributed by atoms with Crippen molar-refractivity contribution < 1.29 is 14.4 Å². The lowest BCUT2D eigenvalue weighted by molar-refractivity contribution is -0.136. The molecule has 4 heterocycles. The van der Waals surface area contributed by atoms with E-state index in [-0.39, 0.29) is 24.1 Å². The maximum Gasteiger partial charge on any atom is 0.255 e. The monoisotopic (exact) mass is 396 g/mol. The van der Waals surface area contributed by atoms with E-state index in [2.05, 4.69) is 21.6 Å². The average molecular weight is 396 g/mol. The maximum atomic E-state index is 13.3. The molecule has 0 saturated carbocycles. The van der Waals surface area contributed by atoms with Crippen molar-refractivity contribution in [3.63, 3.8) is 0 Å². The first-order valence-electron chi connectivity index (χ1n) is 10.8. The SMILES string of the molecule is O=C1CCC(N2Cc3cccc(CN4CCC[C@H]5CNCC[C@@H]54)c3C2=O)C(=O)N1. The standard InChI is InChI=1S/C22H28N4O3/c27-19-7-6-18(21(28)24-19)26-13-16-4-1-3-15(20(16)22(26)29)12-25-10-2-5-14-11-23-9-8-17(14)25/h1,3-4,14,17-18,23H,2,5-13H2,(H,24,27,28)/t14-,17-,18?/m0/s1. The number of nitrogens with one attached hydrogen (secondary N) is 2. The minimum absolute atomic E-state index is 0.0658. The Morgan fingerprint density at radius 2 is 2.00 bits per heavy atom. The van der Waals surface area contributed by atoms with Gasteiger partial charge in [-0.05, 0) is 62.4 Å². The Morgan fingerprint density at radius 3 is 2.86 bits per heavy atom. The van der Waals surface area contributed by atoms with Crippen molar-refractivity contribution in [3.05, 3.63) is 34.9 Å². The number of imide groups is 1. The van der Waals surface area contributed by atoms with Gasteiger partial charge in [-0.1, -0.05) is 18.2 Å². The van der Waals surface area contributed by atoms with Crippen LogP contribution >= 0.6 is 0 Å². The maximum absolute atomic E-state index is 13.3. The number of carbonyl (C=O) groups is 3. The summed E-state index contributed by atoms with van der Waals surface area (Å²) in [7, 11) is 0. The first-order chi connectivity index (χ1) is 14.1. The van der Waals surface area contributed by atoms with Gasteiger partial charge in [0, 0.05) is 31.1 Å². The molecule has 0 spiro atoms. The van der Waals surface area contributed by atoms with E-state index in [1.54, 1.807) is 4.90 Å². The second-order valence-electron chi connectivity index (χ2n) is 8.78. The van der Waals surface area contributed by atoms with Crippen molar-refractivity contribution in [2.75, 3.05) is 19.6 Å². The zero-order valence-electron chi connectivity index (χ0n) is 16.7. The molecule has 7 heteroatoms. The van der Waals surface area contributed by atoms with E-state index >= 15 is 0 Å². The fourth-order valence-electron chi connectivity index (χ4n) is 5.64. The summed E-state index contributed by atoms with van der Waals surface area (Å²) in [5.74, 6) is 0.0316. The highest BCUT2D eigenvalue weighted by Crippen LogP contribution is 2.33. The van der Waals surface area contributed by atoms with Crippen molar-refractivity contribution in [2.24, 2.45) is 5.92 Å². The van der Waals surface area contributed by atoms with Crippen LogP contribution in [0.25, 0.3) is 0 Å². The highest BCUT2D eigenvalue weighted by atomic mass is 16.2. The van der Waals surface area contributed by atoms with Crippen LogP contribution in [0.4, 0.5) is 0 Å². The Balaban J connectivity index is 1.37. The topological polar surface area (TPSA) is 81.8 Å². The van der Waals surface area contributed by atoms with Gasteiger partial charge in [0.15, 0.2) is 0 Å². The van der Waals surface area contributed by atoms with Gasteiger partial charge >= 0.3 is 0 Å². The molecule has 1 aromatic carbocycles. The van der Waals surface area contributed by atoms with Crippen molar-refractivity contribution in [1.29, 1.82) is 0 Å². The van der Waals surface area contributed by atoms with Crippen LogP contribution in [-0.2, 0) is 22.7 Å². The zero-order valence-corrected chi connectivity index (χ0v) is 16.7. The van der Waals surface area contributed by atoms with Gasteiger partial charge in [0.05, 0.1) is 0 Å². The third kappa shape index (κ3) is 3.36. The molecule has 154 valence electrons. The first-order valence-corrected chi connectivity index (χ1v) is 10.8. The van der Waals surface area contributed by atoms with Crippen LogP contribution < -0.4 is 10.6 Å². The molecule has 3 amide bonds. The van der Waals surface area contributed by atoms with Crippen LogP contribution in [0.2, 0.25) is 0 Å². The molecule has 7 nitrogen and oxygen atoms in total. The highest BCUT2D eigenvalue weighted by Gasteiger charge is 2.40. The van der Waals surface area contributed by atoms with Crippen molar-refractivity contribution in [3.8, 4) is 0 Å². The number of hydrogen-bond acceptors (Lipinski definition) is 5. The first kappa shape index (κ1) is 18.8. The molecule has 0 aliphatic carbocycles. The lowest BCUT2D eigenvalue weighted by Gasteiger charge is -2.44. The largest absolute Gasteiger partial charge is 0.322 e. The second kappa shape index (κ2) is 7.54. The number of amides is 3. The normalized spacial score (nSPS) is 30.1. The number of rotatable bonds is 3. The summed E-state index contributed by atoms with van der Waals surface area (Å²) in [5, 5.41) is 5.90. The molecule has 3 atom stereocenters. The molecule has 0 bridgehead atoms. The Bertz CT molecular complexity index is 852. The number of piperidine rings is 3. The van der Waals surface area contributed by atoms with Crippen LogP contribution in [-0.4, -0.2) is 59.2 Å². The second-order valence-corrected chi connectivity index (χ2v) is 8.78. The van der Waals surface area contributed by atoms with E-state index in [4.69, 9.17) is 0 Å². The Hall–Kier alpha value is -2.25. The van der Waals surface area contributed by atoms with Gasteiger partial charge in [0.25, 0.3) is 5.91 Å². The van der Waals surface area contributed by atoms with Gasteiger partial charge in [0.2, 0.25) is 11.8 Å². The smallest absolute Gasteiger partial charge is 0.255 e. The molecule has 2 N–H and O–H groups in total. The number of hydrogen-bond donors (Lipinski definition) is 2. The van der Waals surface area contributed by atoms with Crippen LogP contribution in [0.15, 0.2) is 18.2 Å². The minimum atomic E-state index is -0.552. The summed E-state index contributed by atoms with van der Waals surface area (Å²) >= 11 is 0. The summed E-state index contributed by atoms with van der Waals surface area (Å²) < 4.78 is 0. The number of benzene rings is 1. The van der Waals surface area contributed by atoms with Crippen LogP contribution in [0.3, 0.4) is 0 Å². The molecule has 3 saturated heterocycles. The highest BCUT2D eigenvalue weighted by molar-refractivity contribution is 6.05. The molecule has 1 aromatic rings. The van der Waals surface area contributed by atoms with Gasteiger partial charge in [-0.2, -0.15) is 0 Å². The molecule has 0 radical (unpaired) electrons. The summed E-state index contributed by atoms with van der Waals surface area (Å²) in [6, 6.07) is 6.12. The van der Waals surface area contributed by atoms with E-state index in [9.17, 15) is 14.4 Å². The predicted molar refractivity (Wildman–Crippen MR) is 107 cm³/mol. The molecule has 5 rings (SSSR count). The average Bonchev–Trinajstić information content (AvgIpc) is 3.06. The molecular formula is C22H28N4O3. The minimum Gasteiger partial charge on any atom is -0.322 e. The number of nitrogens with zero attached hydrogens (tertiary/aromatic N) is 2. The summed E-state index contributed by atoms with van der Waals surface area (Å²) in [5.41, 5.74) is 2.84. The van der Waals surface area contributed by atoms with Gasteiger partial charge < -0.3 is 10.2 Å². The van der Waals surface area contributed by atoms with Crippen LogP contribution in [0.1, 0.15) is 53.6 Å². The number of carbonyl (C=O) groups excluding carboxylic acids is 3. The molecule has 29 heavy (non-hydrogen) atoms. The molecule has 4 aliphatic heterocycles. The molecule has 0 aromatic heterocycles. The molecular weight excluding hydrogens is 368 g/mol. The van der Waals surface area contributed by atoms with Gasteiger partial charge in [-0.25, -0.2) is 0 Å². The van der Waals surface area contributed by atoms with Gasteiger partial charge in [-0.15, -0.1) is 0 Å².